The van der Waals surface area contributed by atoms with Crippen molar-refractivity contribution in [1.82, 2.24) is 29.9 Å². The molecule has 198 valence electrons. The number of likely N-dealkylation sites (tertiary alicyclic amines) is 1. The molecular formula is C23H33BrN6O6. The molecular weight excluding hydrogens is 536 g/mol. The summed E-state index contributed by atoms with van der Waals surface area (Å²) in [4.78, 5) is 59.0. The van der Waals surface area contributed by atoms with Gasteiger partial charge in [0.1, 0.15) is 23.5 Å². The Morgan fingerprint density at radius 2 is 1.94 bits per heavy atom. The molecule has 36 heavy (non-hydrogen) atoms. The number of amides is 3. The van der Waals surface area contributed by atoms with Crippen LogP contribution in [0.4, 0.5) is 4.79 Å². The quantitative estimate of drug-likeness (QED) is 0.548. The lowest BCUT2D eigenvalue weighted by Crippen LogP contribution is -2.56. The minimum absolute atomic E-state index is 0.142. The molecule has 2 aliphatic rings. The van der Waals surface area contributed by atoms with Crippen LogP contribution in [0.1, 0.15) is 46.9 Å². The zero-order valence-electron chi connectivity index (χ0n) is 21.3. The van der Waals surface area contributed by atoms with Crippen molar-refractivity contribution in [3.8, 4) is 0 Å². The van der Waals surface area contributed by atoms with Gasteiger partial charge < -0.3 is 25.0 Å². The molecule has 0 unspecified atom stereocenters. The Hall–Kier alpha value is -2.96. The Balaban J connectivity index is 2.10. The van der Waals surface area contributed by atoms with Gasteiger partial charge in [0.25, 0.3) is 0 Å². The van der Waals surface area contributed by atoms with Gasteiger partial charge in [0.2, 0.25) is 16.5 Å². The fourth-order valence-corrected chi connectivity index (χ4v) is 4.95. The van der Waals surface area contributed by atoms with Crippen LogP contribution in [0.15, 0.2) is 10.8 Å². The minimum Gasteiger partial charge on any atom is -0.480 e. The molecule has 12 nitrogen and oxygen atoms in total. The van der Waals surface area contributed by atoms with Crippen LogP contribution in [0.5, 0.6) is 0 Å². The van der Waals surface area contributed by atoms with E-state index in [1.165, 1.54) is 21.5 Å². The number of aromatic nitrogens is 3. The first kappa shape index (κ1) is 27.6. The summed E-state index contributed by atoms with van der Waals surface area (Å²) >= 11 is 3.21. The van der Waals surface area contributed by atoms with Crippen LogP contribution in [0.25, 0.3) is 6.20 Å². The van der Waals surface area contributed by atoms with E-state index in [9.17, 15) is 24.3 Å². The Morgan fingerprint density at radius 3 is 2.53 bits per heavy atom. The molecule has 1 aromatic rings. The molecule has 3 amide bonds. The summed E-state index contributed by atoms with van der Waals surface area (Å²) in [7, 11) is 1.53. The highest BCUT2D eigenvalue weighted by molar-refractivity contribution is 9.10. The summed E-state index contributed by atoms with van der Waals surface area (Å²) in [5.74, 6) is -2.80. The number of ether oxygens (including phenoxy) is 1. The summed E-state index contributed by atoms with van der Waals surface area (Å²) in [6.07, 6.45) is 2.90. The smallest absolute Gasteiger partial charge is 0.410 e. The third-order valence-corrected chi connectivity index (χ3v) is 6.50. The second kappa shape index (κ2) is 10.6. The summed E-state index contributed by atoms with van der Waals surface area (Å²) in [5, 5.41) is 16.6. The molecule has 0 saturated carbocycles. The maximum atomic E-state index is 13.7. The molecule has 1 aromatic heterocycles. The lowest BCUT2D eigenvalue weighted by Gasteiger charge is -2.34. The molecule has 4 atom stereocenters. The van der Waals surface area contributed by atoms with Crippen molar-refractivity contribution in [2.45, 2.75) is 71.2 Å². The predicted molar refractivity (Wildman–Crippen MR) is 133 cm³/mol. The van der Waals surface area contributed by atoms with E-state index in [-0.39, 0.29) is 28.8 Å². The van der Waals surface area contributed by atoms with Crippen molar-refractivity contribution >= 4 is 46.0 Å². The molecule has 0 bridgehead atoms. The maximum absolute atomic E-state index is 13.7. The fraction of sp³-hybridized carbons (Fsp3) is 0.652. The first-order valence-corrected chi connectivity index (χ1v) is 12.6. The predicted octanol–water partition coefficient (Wildman–Crippen LogP) is 1.75. The van der Waals surface area contributed by atoms with Gasteiger partial charge in [0.15, 0.2) is 0 Å². The van der Waals surface area contributed by atoms with Crippen LogP contribution in [0, 0.1) is 11.8 Å². The number of aliphatic carboxylic acids is 1. The maximum Gasteiger partial charge on any atom is 0.410 e. The molecule has 0 aromatic carbocycles. The van der Waals surface area contributed by atoms with Gasteiger partial charge in [-0.25, -0.2) is 19.3 Å². The van der Waals surface area contributed by atoms with E-state index in [4.69, 9.17) is 4.74 Å². The summed E-state index contributed by atoms with van der Waals surface area (Å²) in [6, 6.07) is -2.87. The molecule has 3 rings (SSSR count). The number of carbonyl (C=O) groups is 4. The van der Waals surface area contributed by atoms with Gasteiger partial charge in [-0.05, 0) is 55.1 Å². The molecule has 0 aliphatic carbocycles. The first-order chi connectivity index (χ1) is 16.7. The van der Waals surface area contributed by atoms with E-state index >= 15 is 0 Å². The number of carboxylic acids is 1. The van der Waals surface area contributed by atoms with E-state index in [2.05, 4.69) is 31.3 Å². The monoisotopic (exact) mass is 568 g/mol. The lowest BCUT2D eigenvalue weighted by molar-refractivity contribution is -0.146. The molecule has 0 spiro atoms. The number of hydrogen-bond acceptors (Lipinski definition) is 7. The number of carbonyl (C=O) groups excluding carboxylic acids is 3. The standard InChI is InChI=1S/C23H33BrN6O6/c1-12(2)17-18(31)25-14(20(33)34)11-16-26-21(24)27-30(16)10-8-15-13(19(32)28(17)6)7-9-29(15)22(35)36-23(3,4)5/h8,10,12-15,17H,7,9,11H2,1-6H3,(H,25,31)(H,33,34)/b10-8-/t13-,14-,15+,17-/m0/s1. The summed E-state index contributed by atoms with van der Waals surface area (Å²) < 4.78 is 7.18. The summed E-state index contributed by atoms with van der Waals surface area (Å²) in [5.41, 5.74) is -0.723. The number of halogens is 1. The van der Waals surface area contributed by atoms with Crippen molar-refractivity contribution < 1.29 is 29.0 Å². The van der Waals surface area contributed by atoms with Crippen LogP contribution in [0.3, 0.4) is 0 Å². The lowest BCUT2D eigenvalue weighted by atomic mass is 9.95. The first-order valence-electron chi connectivity index (χ1n) is 11.8. The van der Waals surface area contributed by atoms with Crippen molar-refractivity contribution in [2.75, 3.05) is 13.6 Å². The topological polar surface area (TPSA) is 147 Å². The van der Waals surface area contributed by atoms with Gasteiger partial charge in [0, 0.05) is 26.2 Å². The van der Waals surface area contributed by atoms with Crippen LogP contribution in [-0.4, -0.2) is 90.9 Å². The van der Waals surface area contributed by atoms with Crippen LogP contribution in [-0.2, 0) is 25.5 Å². The van der Waals surface area contributed by atoms with Crippen molar-refractivity contribution in [1.29, 1.82) is 0 Å². The average molecular weight is 569 g/mol. The van der Waals surface area contributed by atoms with Gasteiger partial charge in [0.05, 0.1) is 12.0 Å². The number of fused-ring (bicyclic) bond motifs is 2. The van der Waals surface area contributed by atoms with Crippen molar-refractivity contribution in [2.24, 2.45) is 11.8 Å². The average Bonchev–Trinajstić information content (AvgIpc) is 3.31. The highest BCUT2D eigenvalue weighted by Gasteiger charge is 2.45. The SMILES string of the molecule is CC(C)[C@H]1C(=O)N[C@H](C(=O)O)Cc2nc(Br)nn2/C=C\[C@@H]2[C@H](CCN2C(=O)OC(C)(C)C)C(=O)N1C. The van der Waals surface area contributed by atoms with E-state index in [1.54, 1.807) is 46.9 Å². The third kappa shape index (κ3) is 6.05. The van der Waals surface area contributed by atoms with E-state index in [1.807, 2.05) is 0 Å². The van der Waals surface area contributed by atoms with Crippen LogP contribution >= 0.6 is 15.9 Å². The molecule has 1 fully saturated rings. The molecule has 0 radical (unpaired) electrons. The van der Waals surface area contributed by atoms with E-state index in [0.29, 0.717) is 13.0 Å². The fourth-order valence-electron chi connectivity index (χ4n) is 4.58. The van der Waals surface area contributed by atoms with Gasteiger partial charge in [-0.2, -0.15) is 0 Å². The normalized spacial score (nSPS) is 26.3. The van der Waals surface area contributed by atoms with Crippen molar-refractivity contribution in [3.05, 3.63) is 16.6 Å². The van der Waals surface area contributed by atoms with Crippen LogP contribution < -0.4 is 5.32 Å². The van der Waals surface area contributed by atoms with E-state index in [0.717, 1.165) is 0 Å². The Bertz CT molecular complexity index is 1060. The largest absolute Gasteiger partial charge is 0.480 e. The Labute approximate surface area is 218 Å². The Morgan fingerprint density at radius 1 is 1.28 bits per heavy atom. The zero-order chi connectivity index (χ0) is 26.9. The number of likely N-dealkylation sites (N-methyl/N-ethyl adjacent to an activating group) is 1. The number of nitrogens with zero attached hydrogens (tertiary/aromatic N) is 5. The molecule has 13 heteroatoms. The Kier molecular flexibility index (Phi) is 8.11. The van der Waals surface area contributed by atoms with Crippen molar-refractivity contribution in [3.63, 3.8) is 0 Å². The van der Waals surface area contributed by atoms with Crippen LogP contribution in [0.2, 0.25) is 0 Å². The van der Waals surface area contributed by atoms with Gasteiger partial charge in [-0.1, -0.05) is 13.8 Å². The highest BCUT2D eigenvalue weighted by Crippen LogP contribution is 2.30. The molecule has 2 aliphatic heterocycles. The van der Waals surface area contributed by atoms with Gasteiger partial charge in [-0.3, -0.25) is 9.59 Å². The third-order valence-electron chi connectivity index (χ3n) is 6.17. The number of carboxylic acid groups (broad SMARTS) is 1. The second-order valence-corrected chi connectivity index (χ2v) is 11.1. The number of hydrogen-bond donors (Lipinski definition) is 2. The molecule has 1 saturated heterocycles. The molecule has 3 heterocycles. The van der Waals surface area contributed by atoms with E-state index < -0.39 is 47.6 Å². The van der Waals surface area contributed by atoms with Gasteiger partial charge >= 0.3 is 12.1 Å². The van der Waals surface area contributed by atoms with Gasteiger partial charge in [-0.15, -0.1) is 5.10 Å². The highest BCUT2D eigenvalue weighted by atomic mass is 79.9. The second-order valence-electron chi connectivity index (χ2n) is 10.4. The zero-order valence-corrected chi connectivity index (χ0v) is 22.9. The number of nitrogens with one attached hydrogen (secondary N) is 1. The number of rotatable bonds is 2. The molecule has 2 N–H and O–H groups in total. The minimum atomic E-state index is -1.29. The summed E-state index contributed by atoms with van der Waals surface area (Å²) in [6.45, 7) is 9.16.